The molecule has 0 aromatic carbocycles. The molecule has 0 fully saturated rings. The van der Waals surface area contributed by atoms with E-state index in [4.69, 9.17) is 5.73 Å². The van der Waals surface area contributed by atoms with Crippen molar-refractivity contribution in [3.8, 4) is 0 Å². The summed E-state index contributed by atoms with van der Waals surface area (Å²) in [5, 5.41) is 0. The van der Waals surface area contributed by atoms with E-state index in [1.807, 2.05) is 0 Å². The minimum atomic E-state index is -0.514. The Labute approximate surface area is 82.4 Å². The summed E-state index contributed by atoms with van der Waals surface area (Å²) in [4.78, 5) is 39.6. The van der Waals surface area contributed by atoms with Crippen LogP contribution < -0.4 is 11.9 Å². The summed E-state index contributed by atoms with van der Waals surface area (Å²) < 4.78 is 0. The van der Waals surface area contributed by atoms with Gasteiger partial charge in [-0.2, -0.15) is 0 Å². The van der Waals surface area contributed by atoms with Crippen LogP contribution in [0.25, 0.3) is 0 Å². The molecular weight excluding hydrogens is 188 g/mol. The molecule has 0 heterocycles. The Bertz CT molecular complexity index is 223. The summed E-state index contributed by atoms with van der Waals surface area (Å²) in [5.74, 6) is -1.74. The van der Waals surface area contributed by atoms with Gasteiger partial charge in [-0.1, -0.05) is 0 Å². The van der Waals surface area contributed by atoms with Crippen molar-refractivity contribution in [1.29, 1.82) is 0 Å². The number of Topliss-reactive ketones (excluding diaryl/α,β-unsaturated/α-hetero) is 4. The third-order valence-corrected chi connectivity index (χ3v) is 1.07. The van der Waals surface area contributed by atoms with Gasteiger partial charge < -0.3 is 11.9 Å². The highest BCUT2D eigenvalue weighted by atomic mass is 16.2. The van der Waals surface area contributed by atoms with Crippen LogP contribution in [-0.2, 0) is 19.2 Å². The lowest BCUT2D eigenvalue weighted by Gasteiger charge is -1.82. The van der Waals surface area contributed by atoms with Crippen molar-refractivity contribution in [3.63, 3.8) is 0 Å². The van der Waals surface area contributed by atoms with E-state index in [1.54, 1.807) is 0 Å². The lowest BCUT2D eigenvalue weighted by atomic mass is 10.3. The molecule has 0 amide bonds. The summed E-state index contributed by atoms with van der Waals surface area (Å²) in [6, 6.07) is 0. The maximum Gasteiger partial charge on any atom is 0.211 e. The molecule has 6 heteroatoms. The van der Waals surface area contributed by atoms with E-state index >= 15 is 0 Å². The Morgan fingerprint density at radius 3 is 1.14 bits per heavy atom. The molecule has 0 aliphatic rings. The Morgan fingerprint density at radius 1 is 0.857 bits per heavy atom. The normalized spacial score (nSPS) is 7.43. The lowest BCUT2D eigenvalue weighted by Crippen LogP contribution is -2.20. The second kappa shape index (κ2) is 9.69. The van der Waals surface area contributed by atoms with Crippen LogP contribution in [0.2, 0.25) is 0 Å². The van der Waals surface area contributed by atoms with Crippen LogP contribution in [0, 0.1) is 0 Å². The van der Waals surface area contributed by atoms with E-state index in [0.29, 0.717) is 0 Å². The van der Waals surface area contributed by atoms with Gasteiger partial charge in [0.25, 0.3) is 0 Å². The third kappa shape index (κ3) is 13.2. The average molecular weight is 204 g/mol. The fourth-order valence-electron chi connectivity index (χ4n) is 0.144. The molecule has 0 aromatic rings. The largest absolute Gasteiger partial charge is 0.344 e. The van der Waals surface area contributed by atoms with E-state index in [9.17, 15) is 19.2 Å². The van der Waals surface area contributed by atoms with Crippen LogP contribution in [0.3, 0.4) is 0 Å². The maximum absolute atomic E-state index is 10.0. The Balaban J connectivity index is -0.000000163. The van der Waals surface area contributed by atoms with Gasteiger partial charge >= 0.3 is 0 Å². The van der Waals surface area contributed by atoms with Gasteiger partial charge in [0.2, 0.25) is 5.78 Å². The summed E-state index contributed by atoms with van der Waals surface area (Å²) >= 11 is 0. The zero-order chi connectivity index (χ0) is 11.0. The SMILES string of the molecule is CC(=O)C(=O)CN.CC(=O)C(C)=O.N. The molecule has 0 radical (unpaired) electrons. The molecule has 0 saturated carbocycles. The van der Waals surface area contributed by atoms with E-state index in [-0.39, 0.29) is 24.3 Å². The molecular formula is C8H16N2O4. The Kier molecular flexibility index (Phi) is 12.7. The topological polar surface area (TPSA) is 129 Å². The summed E-state index contributed by atoms with van der Waals surface area (Å²) in [6.45, 7) is 3.54. The third-order valence-electron chi connectivity index (χ3n) is 1.07. The second-order valence-corrected chi connectivity index (χ2v) is 2.30. The average Bonchev–Trinajstić information content (AvgIpc) is 2.03. The Morgan fingerprint density at radius 2 is 1.14 bits per heavy atom. The van der Waals surface area contributed by atoms with Gasteiger partial charge in [-0.05, 0) is 0 Å². The van der Waals surface area contributed by atoms with E-state index in [1.165, 1.54) is 20.8 Å². The van der Waals surface area contributed by atoms with Gasteiger partial charge in [0.15, 0.2) is 17.3 Å². The zero-order valence-electron chi connectivity index (χ0n) is 8.62. The van der Waals surface area contributed by atoms with E-state index < -0.39 is 11.6 Å². The first-order chi connectivity index (χ1) is 5.82. The minimum absolute atomic E-state index is 0. The predicted molar refractivity (Wildman–Crippen MR) is 51.1 cm³/mol. The molecule has 6 nitrogen and oxygen atoms in total. The van der Waals surface area contributed by atoms with E-state index in [0.717, 1.165) is 0 Å². The highest BCUT2D eigenvalue weighted by Gasteiger charge is 2.01. The zero-order valence-corrected chi connectivity index (χ0v) is 8.62. The fourth-order valence-corrected chi connectivity index (χ4v) is 0.144. The van der Waals surface area contributed by atoms with Crippen molar-refractivity contribution < 1.29 is 19.2 Å². The number of ketones is 4. The smallest absolute Gasteiger partial charge is 0.211 e. The van der Waals surface area contributed by atoms with Crippen LogP contribution in [0.5, 0.6) is 0 Å². The molecule has 0 atom stereocenters. The van der Waals surface area contributed by atoms with Crippen LogP contribution in [0.1, 0.15) is 20.8 Å². The van der Waals surface area contributed by atoms with Crippen molar-refractivity contribution >= 4 is 23.1 Å². The number of hydrogen-bond donors (Lipinski definition) is 2. The van der Waals surface area contributed by atoms with Gasteiger partial charge in [0.1, 0.15) is 0 Å². The number of nitrogens with two attached hydrogens (primary N) is 1. The molecule has 0 aliphatic heterocycles. The maximum atomic E-state index is 10.0. The highest BCUT2D eigenvalue weighted by Crippen LogP contribution is 1.67. The molecule has 0 bridgehead atoms. The number of hydrogen-bond acceptors (Lipinski definition) is 6. The van der Waals surface area contributed by atoms with Gasteiger partial charge in [-0.15, -0.1) is 0 Å². The van der Waals surface area contributed by atoms with Gasteiger partial charge in [-0.3, -0.25) is 19.2 Å². The van der Waals surface area contributed by atoms with Crippen molar-refractivity contribution in [3.05, 3.63) is 0 Å². The van der Waals surface area contributed by atoms with Crippen LogP contribution in [0.4, 0.5) is 0 Å². The summed E-state index contributed by atoms with van der Waals surface area (Å²) in [7, 11) is 0. The van der Waals surface area contributed by atoms with Crippen LogP contribution >= 0.6 is 0 Å². The quantitative estimate of drug-likeness (QED) is 0.592. The standard InChI is InChI=1S/C4H7NO2.C4H6O2.H3N/c1-3(6)4(7)2-5;1-3(5)4(2)6;/h2,5H2,1H3;1-2H3;1H3. The number of carbonyl (C=O) groups excluding carboxylic acids is 4. The second-order valence-electron chi connectivity index (χ2n) is 2.30. The molecule has 0 unspecified atom stereocenters. The molecule has 82 valence electrons. The molecule has 0 aliphatic carbocycles. The molecule has 5 N–H and O–H groups in total. The fraction of sp³-hybridized carbons (Fsp3) is 0.500. The van der Waals surface area contributed by atoms with Crippen LogP contribution in [0.15, 0.2) is 0 Å². The first kappa shape index (κ1) is 18.4. The van der Waals surface area contributed by atoms with Crippen molar-refractivity contribution in [2.75, 3.05) is 6.54 Å². The van der Waals surface area contributed by atoms with Crippen LogP contribution in [-0.4, -0.2) is 29.7 Å². The van der Waals surface area contributed by atoms with Crippen molar-refractivity contribution in [1.82, 2.24) is 6.15 Å². The van der Waals surface area contributed by atoms with Gasteiger partial charge in [-0.25, -0.2) is 0 Å². The van der Waals surface area contributed by atoms with Crippen molar-refractivity contribution in [2.45, 2.75) is 20.8 Å². The van der Waals surface area contributed by atoms with Gasteiger partial charge in [0.05, 0.1) is 6.54 Å². The first-order valence-electron chi connectivity index (χ1n) is 3.58. The van der Waals surface area contributed by atoms with E-state index in [2.05, 4.69) is 0 Å². The molecule has 0 rings (SSSR count). The van der Waals surface area contributed by atoms with Crippen molar-refractivity contribution in [2.24, 2.45) is 5.73 Å². The summed E-state index contributed by atoms with van der Waals surface area (Å²) in [6.07, 6.45) is 0. The summed E-state index contributed by atoms with van der Waals surface area (Å²) in [5.41, 5.74) is 4.80. The molecule has 0 aromatic heterocycles. The minimum Gasteiger partial charge on any atom is -0.344 e. The Hall–Kier alpha value is -1.40. The monoisotopic (exact) mass is 204 g/mol. The number of carbonyl (C=O) groups is 4. The first-order valence-corrected chi connectivity index (χ1v) is 3.58. The number of rotatable bonds is 3. The molecule has 0 saturated heterocycles. The predicted octanol–water partition coefficient (Wildman–Crippen LogP) is -0.570. The lowest BCUT2D eigenvalue weighted by molar-refractivity contribution is -0.134. The molecule has 14 heavy (non-hydrogen) atoms. The highest BCUT2D eigenvalue weighted by molar-refractivity contribution is 6.37. The molecule has 0 spiro atoms. The van der Waals surface area contributed by atoms with Gasteiger partial charge in [0, 0.05) is 20.8 Å².